The minimum absolute atomic E-state index is 0.0801. The molecule has 0 saturated carbocycles. The number of benzene rings is 1. The summed E-state index contributed by atoms with van der Waals surface area (Å²) in [5, 5.41) is 1.88. The second-order valence-corrected chi connectivity index (χ2v) is 3.55. The number of amides is 2. The number of nitrogens with two attached hydrogens (primary N) is 1. The van der Waals surface area contributed by atoms with Crippen LogP contribution in [0.15, 0.2) is 18.2 Å². The monoisotopic (exact) mass is 267 g/mol. The summed E-state index contributed by atoms with van der Waals surface area (Å²) >= 11 is 5.43. The largest absolute Gasteiger partial charge is 0.417 e. The molecule has 8 heteroatoms. The minimum Gasteiger partial charge on any atom is -0.333 e. The number of urea groups is 1. The number of hydrazine groups is 1. The van der Waals surface area contributed by atoms with Crippen molar-refractivity contribution in [2.75, 3.05) is 0 Å². The maximum Gasteiger partial charge on any atom is 0.417 e. The summed E-state index contributed by atoms with van der Waals surface area (Å²) in [5.41, 5.74) is 1.12. The third-order valence-corrected chi connectivity index (χ3v) is 2.25. The Hall–Kier alpha value is -1.47. The molecule has 0 aliphatic rings. The van der Waals surface area contributed by atoms with E-state index in [0.717, 1.165) is 12.1 Å². The number of hydrogen-bond acceptors (Lipinski definition) is 2. The Balaban J connectivity index is 2.86. The van der Waals surface area contributed by atoms with Gasteiger partial charge in [0, 0.05) is 6.54 Å². The lowest BCUT2D eigenvalue weighted by atomic mass is 10.1. The quantitative estimate of drug-likeness (QED) is 0.436. The highest BCUT2D eigenvalue weighted by Gasteiger charge is 2.33. The Kier molecular flexibility index (Phi) is 4.19. The zero-order valence-electron chi connectivity index (χ0n) is 8.44. The zero-order chi connectivity index (χ0) is 13.1. The molecule has 1 aromatic carbocycles. The molecule has 17 heavy (non-hydrogen) atoms. The van der Waals surface area contributed by atoms with Crippen LogP contribution in [-0.2, 0) is 12.7 Å². The van der Waals surface area contributed by atoms with Crippen LogP contribution in [0.25, 0.3) is 0 Å². The lowest BCUT2D eigenvalue weighted by Crippen LogP contribution is -2.39. The topological polar surface area (TPSA) is 67.1 Å². The molecule has 0 atom stereocenters. The first-order valence-corrected chi connectivity index (χ1v) is 4.82. The van der Waals surface area contributed by atoms with E-state index >= 15 is 0 Å². The van der Waals surface area contributed by atoms with Gasteiger partial charge in [-0.2, -0.15) is 13.2 Å². The smallest absolute Gasteiger partial charge is 0.333 e. The fraction of sp³-hybridized carbons (Fsp3) is 0.222. The van der Waals surface area contributed by atoms with Crippen molar-refractivity contribution >= 4 is 17.6 Å². The molecule has 2 amide bonds. The lowest BCUT2D eigenvalue weighted by molar-refractivity contribution is -0.137. The van der Waals surface area contributed by atoms with Crippen LogP contribution < -0.4 is 16.6 Å². The van der Waals surface area contributed by atoms with E-state index in [1.165, 1.54) is 6.07 Å². The number of carbonyl (C=O) groups is 1. The molecule has 0 spiro atoms. The van der Waals surface area contributed by atoms with Gasteiger partial charge in [0.2, 0.25) is 0 Å². The van der Waals surface area contributed by atoms with Gasteiger partial charge in [0.05, 0.1) is 10.6 Å². The van der Waals surface area contributed by atoms with Gasteiger partial charge >= 0.3 is 12.2 Å². The van der Waals surface area contributed by atoms with Crippen LogP contribution in [0, 0.1) is 0 Å². The van der Waals surface area contributed by atoms with Crippen LogP contribution in [0.2, 0.25) is 5.02 Å². The highest BCUT2D eigenvalue weighted by molar-refractivity contribution is 6.31. The summed E-state index contributed by atoms with van der Waals surface area (Å²) in [6.45, 7) is -0.0801. The summed E-state index contributed by atoms with van der Waals surface area (Å²) in [7, 11) is 0. The van der Waals surface area contributed by atoms with Crippen molar-refractivity contribution in [3.8, 4) is 0 Å². The number of alkyl halides is 3. The Morgan fingerprint density at radius 1 is 1.41 bits per heavy atom. The van der Waals surface area contributed by atoms with E-state index in [-0.39, 0.29) is 17.1 Å². The van der Waals surface area contributed by atoms with Gasteiger partial charge in [0.25, 0.3) is 0 Å². The van der Waals surface area contributed by atoms with Crippen molar-refractivity contribution < 1.29 is 18.0 Å². The van der Waals surface area contributed by atoms with E-state index in [9.17, 15) is 18.0 Å². The van der Waals surface area contributed by atoms with E-state index in [0.29, 0.717) is 0 Å². The minimum atomic E-state index is -4.52. The summed E-state index contributed by atoms with van der Waals surface area (Å²) in [4.78, 5) is 10.7. The van der Waals surface area contributed by atoms with Crippen molar-refractivity contribution in [1.82, 2.24) is 10.7 Å². The first kappa shape index (κ1) is 13.6. The first-order valence-electron chi connectivity index (χ1n) is 4.44. The molecular weight excluding hydrogens is 259 g/mol. The highest BCUT2D eigenvalue weighted by atomic mass is 35.5. The van der Waals surface area contributed by atoms with Crippen LogP contribution in [0.3, 0.4) is 0 Å². The van der Waals surface area contributed by atoms with Gasteiger partial charge in [-0.15, -0.1) is 0 Å². The molecule has 0 fully saturated rings. The molecule has 0 aromatic heterocycles. The van der Waals surface area contributed by atoms with E-state index < -0.39 is 17.8 Å². The van der Waals surface area contributed by atoms with Gasteiger partial charge < -0.3 is 5.32 Å². The molecule has 0 bridgehead atoms. The molecule has 0 aliphatic heterocycles. The first-order chi connectivity index (χ1) is 7.84. The predicted octanol–water partition coefficient (Wildman–Crippen LogP) is 2.03. The summed E-state index contributed by atoms with van der Waals surface area (Å²) in [6, 6.07) is 2.70. The number of hydrogen-bond donors (Lipinski definition) is 3. The SMILES string of the molecule is NNC(=O)NCc1ccc(Cl)c(C(F)(F)F)c1. The highest BCUT2D eigenvalue weighted by Crippen LogP contribution is 2.35. The van der Waals surface area contributed by atoms with Crippen LogP contribution in [0.4, 0.5) is 18.0 Å². The molecule has 1 aromatic rings. The number of halogens is 4. The van der Waals surface area contributed by atoms with Crippen LogP contribution in [0.1, 0.15) is 11.1 Å². The number of nitrogens with one attached hydrogen (secondary N) is 2. The third-order valence-electron chi connectivity index (χ3n) is 1.92. The Labute approximate surface area is 99.9 Å². The number of rotatable bonds is 2. The van der Waals surface area contributed by atoms with Crippen LogP contribution in [0.5, 0.6) is 0 Å². The maximum atomic E-state index is 12.5. The molecule has 0 unspecified atom stereocenters. The molecule has 94 valence electrons. The average molecular weight is 268 g/mol. The summed E-state index contributed by atoms with van der Waals surface area (Å²) < 4.78 is 37.5. The van der Waals surface area contributed by atoms with Gasteiger partial charge in [-0.25, -0.2) is 10.6 Å². The van der Waals surface area contributed by atoms with Gasteiger partial charge in [-0.1, -0.05) is 17.7 Å². The molecule has 0 radical (unpaired) electrons. The van der Waals surface area contributed by atoms with Gasteiger partial charge in [-0.3, -0.25) is 5.43 Å². The van der Waals surface area contributed by atoms with E-state index in [4.69, 9.17) is 17.4 Å². The lowest BCUT2D eigenvalue weighted by Gasteiger charge is -2.11. The van der Waals surface area contributed by atoms with Crippen molar-refractivity contribution in [2.24, 2.45) is 5.84 Å². The van der Waals surface area contributed by atoms with Crippen LogP contribution >= 0.6 is 11.6 Å². The summed E-state index contributed by atoms with van der Waals surface area (Å²) in [5.74, 6) is 4.80. The van der Waals surface area contributed by atoms with Gasteiger partial charge in [-0.05, 0) is 17.7 Å². The standard InChI is InChI=1S/C9H9ClF3N3O/c10-7-2-1-5(4-15-8(17)16-14)3-6(7)9(11,12)13/h1-3H,4,14H2,(H2,15,16,17). The molecule has 0 heterocycles. The second-order valence-electron chi connectivity index (χ2n) is 3.14. The van der Waals surface area contributed by atoms with Gasteiger partial charge in [0.15, 0.2) is 0 Å². The van der Waals surface area contributed by atoms with Gasteiger partial charge in [0.1, 0.15) is 0 Å². The molecule has 0 saturated heterocycles. The van der Waals surface area contributed by atoms with Crippen molar-refractivity contribution in [1.29, 1.82) is 0 Å². The zero-order valence-corrected chi connectivity index (χ0v) is 9.19. The maximum absolute atomic E-state index is 12.5. The Morgan fingerprint density at radius 2 is 2.06 bits per heavy atom. The van der Waals surface area contributed by atoms with Crippen molar-refractivity contribution in [3.63, 3.8) is 0 Å². The van der Waals surface area contributed by atoms with E-state index in [1.807, 2.05) is 0 Å². The molecular formula is C9H9ClF3N3O. The molecule has 4 nitrogen and oxygen atoms in total. The Morgan fingerprint density at radius 3 is 2.59 bits per heavy atom. The predicted molar refractivity (Wildman–Crippen MR) is 56.0 cm³/mol. The fourth-order valence-electron chi connectivity index (χ4n) is 1.13. The van der Waals surface area contributed by atoms with E-state index in [2.05, 4.69) is 5.32 Å². The van der Waals surface area contributed by atoms with Crippen molar-refractivity contribution in [3.05, 3.63) is 34.3 Å². The molecule has 1 rings (SSSR count). The molecule has 0 aliphatic carbocycles. The van der Waals surface area contributed by atoms with Crippen molar-refractivity contribution in [2.45, 2.75) is 12.7 Å². The van der Waals surface area contributed by atoms with E-state index in [1.54, 1.807) is 5.43 Å². The second kappa shape index (κ2) is 5.24. The average Bonchev–Trinajstić information content (AvgIpc) is 2.26. The Bertz CT molecular complexity index is 422. The third kappa shape index (κ3) is 3.79. The number of carbonyl (C=O) groups excluding carboxylic acids is 1. The summed E-state index contributed by atoms with van der Waals surface area (Å²) in [6.07, 6.45) is -4.52. The fourth-order valence-corrected chi connectivity index (χ4v) is 1.36. The molecule has 4 N–H and O–H groups in total. The normalized spacial score (nSPS) is 11.1. The van der Waals surface area contributed by atoms with Crippen LogP contribution in [-0.4, -0.2) is 6.03 Å².